The normalized spacial score (nSPS) is 19.5. The Kier molecular flexibility index (Phi) is 5.67. The summed E-state index contributed by atoms with van der Waals surface area (Å²) in [4.78, 5) is 2.40. The monoisotopic (exact) mass is 263 g/mol. The van der Waals surface area contributed by atoms with Gasteiger partial charge >= 0.3 is 0 Å². The lowest BCUT2D eigenvalue weighted by molar-refractivity contribution is 0.108. The average Bonchev–Trinajstić information content (AvgIpc) is 2.41. The molecule has 3 nitrogen and oxygen atoms in total. The Morgan fingerprint density at radius 3 is 2.21 bits per heavy atom. The molecular weight excluding hydrogens is 238 g/mol. The number of nitrogens with zero attached hydrogens (tertiary/aromatic N) is 1. The van der Waals surface area contributed by atoms with E-state index in [1.165, 1.54) is 32.1 Å². The van der Waals surface area contributed by atoms with E-state index in [0.717, 1.165) is 30.9 Å². The minimum absolute atomic E-state index is 0.398. The summed E-state index contributed by atoms with van der Waals surface area (Å²) >= 11 is 0. The molecule has 2 rings (SSSR count). The standard InChI is InChI=1S/C16H25NO2/c1-19-15-9-7-14(8-10-15)16(18)13-17-11-5-3-2-4-6-12-17/h7-10,16,18H,2-6,11-13H2,1H3. The van der Waals surface area contributed by atoms with Gasteiger partial charge < -0.3 is 14.7 Å². The first kappa shape index (κ1) is 14.4. The largest absolute Gasteiger partial charge is 0.497 e. The zero-order valence-corrected chi connectivity index (χ0v) is 11.8. The minimum Gasteiger partial charge on any atom is -0.497 e. The summed E-state index contributed by atoms with van der Waals surface area (Å²) in [5.41, 5.74) is 0.975. The lowest BCUT2D eigenvalue weighted by Gasteiger charge is -2.27. The number of ether oxygens (including phenoxy) is 1. The van der Waals surface area contributed by atoms with Crippen LogP contribution in [0.2, 0.25) is 0 Å². The zero-order chi connectivity index (χ0) is 13.5. The maximum absolute atomic E-state index is 10.3. The Bertz CT molecular complexity index is 356. The molecule has 0 amide bonds. The third kappa shape index (κ3) is 4.51. The summed E-state index contributed by atoms with van der Waals surface area (Å²) in [7, 11) is 1.66. The number of aliphatic hydroxyl groups is 1. The Balaban J connectivity index is 1.88. The quantitative estimate of drug-likeness (QED) is 0.906. The van der Waals surface area contributed by atoms with Crippen molar-refractivity contribution in [1.82, 2.24) is 4.90 Å². The van der Waals surface area contributed by atoms with Gasteiger partial charge in [-0.25, -0.2) is 0 Å². The molecule has 106 valence electrons. The Hall–Kier alpha value is -1.06. The van der Waals surface area contributed by atoms with Crippen LogP contribution in [0.5, 0.6) is 5.75 Å². The number of aliphatic hydroxyl groups excluding tert-OH is 1. The lowest BCUT2D eigenvalue weighted by atomic mass is 10.1. The highest BCUT2D eigenvalue weighted by atomic mass is 16.5. The molecule has 1 aliphatic heterocycles. The molecule has 0 radical (unpaired) electrons. The van der Waals surface area contributed by atoms with Crippen molar-refractivity contribution in [3.05, 3.63) is 29.8 Å². The number of hydrogen-bond acceptors (Lipinski definition) is 3. The third-order valence-corrected chi connectivity index (χ3v) is 3.88. The zero-order valence-electron chi connectivity index (χ0n) is 11.8. The average molecular weight is 263 g/mol. The first-order valence-electron chi connectivity index (χ1n) is 7.34. The van der Waals surface area contributed by atoms with E-state index < -0.39 is 6.10 Å². The van der Waals surface area contributed by atoms with Crippen LogP contribution in [0.4, 0.5) is 0 Å². The molecule has 0 aromatic heterocycles. The van der Waals surface area contributed by atoms with Crippen molar-refractivity contribution >= 4 is 0 Å². The molecule has 1 fully saturated rings. The van der Waals surface area contributed by atoms with Crippen LogP contribution in [0, 0.1) is 0 Å². The van der Waals surface area contributed by atoms with Crippen molar-refractivity contribution < 1.29 is 9.84 Å². The number of methoxy groups -OCH3 is 1. The van der Waals surface area contributed by atoms with Gasteiger partial charge in [0.05, 0.1) is 13.2 Å². The van der Waals surface area contributed by atoms with E-state index in [4.69, 9.17) is 4.74 Å². The fourth-order valence-electron chi connectivity index (χ4n) is 2.67. The second kappa shape index (κ2) is 7.51. The van der Waals surface area contributed by atoms with Crippen LogP contribution in [-0.2, 0) is 0 Å². The van der Waals surface area contributed by atoms with E-state index in [0.29, 0.717) is 0 Å². The van der Waals surface area contributed by atoms with Crippen molar-refractivity contribution in [3.63, 3.8) is 0 Å². The summed E-state index contributed by atoms with van der Waals surface area (Å²) in [6.07, 6.45) is 6.15. The van der Waals surface area contributed by atoms with Gasteiger partial charge in [-0.15, -0.1) is 0 Å². The second-order valence-electron chi connectivity index (χ2n) is 5.36. The Morgan fingerprint density at radius 1 is 1.05 bits per heavy atom. The summed E-state index contributed by atoms with van der Waals surface area (Å²) in [5.74, 6) is 0.835. The van der Waals surface area contributed by atoms with Crippen LogP contribution in [0.25, 0.3) is 0 Å². The maximum atomic E-state index is 10.3. The van der Waals surface area contributed by atoms with Gasteiger partial charge in [-0.3, -0.25) is 0 Å². The summed E-state index contributed by atoms with van der Waals surface area (Å²) in [6.45, 7) is 2.98. The van der Waals surface area contributed by atoms with Gasteiger partial charge in [0.1, 0.15) is 5.75 Å². The molecule has 1 unspecified atom stereocenters. The molecule has 1 N–H and O–H groups in total. The molecule has 1 aliphatic rings. The van der Waals surface area contributed by atoms with Gasteiger partial charge in [0.25, 0.3) is 0 Å². The van der Waals surface area contributed by atoms with Crippen molar-refractivity contribution in [1.29, 1.82) is 0 Å². The molecule has 0 aliphatic carbocycles. The number of likely N-dealkylation sites (tertiary alicyclic amines) is 1. The van der Waals surface area contributed by atoms with Crippen LogP contribution in [0.3, 0.4) is 0 Å². The molecular formula is C16H25NO2. The SMILES string of the molecule is COc1ccc(C(O)CN2CCCCCCC2)cc1. The minimum atomic E-state index is -0.398. The molecule has 0 saturated carbocycles. The van der Waals surface area contributed by atoms with E-state index in [2.05, 4.69) is 4.90 Å². The highest BCUT2D eigenvalue weighted by Gasteiger charge is 2.14. The van der Waals surface area contributed by atoms with Crippen LogP contribution in [0.15, 0.2) is 24.3 Å². The van der Waals surface area contributed by atoms with Crippen LogP contribution in [-0.4, -0.2) is 36.8 Å². The molecule has 1 aromatic rings. The Labute approximate surface area is 116 Å². The molecule has 19 heavy (non-hydrogen) atoms. The molecule has 1 saturated heterocycles. The summed E-state index contributed by atoms with van der Waals surface area (Å²) in [6, 6.07) is 7.72. The molecule has 1 aromatic carbocycles. The first-order chi connectivity index (χ1) is 9.29. The van der Waals surface area contributed by atoms with E-state index >= 15 is 0 Å². The van der Waals surface area contributed by atoms with Gasteiger partial charge in [0, 0.05) is 6.54 Å². The molecule has 3 heteroatoms. The van der Waals surface area contributed by atoms with E-state index in [9.17, 15) is 5.11 Å². The van der Waals surface area contributed by atoms with Crippen LogP contribution in [0.1, 0.15) is 43.8 Å². The summed E-state index contributed by atoms with van der Waals surface area (Å²) < 4.78 is 5.14. The smallest absolute Gasteiger partial charge is 0.118 e. The number of rotatable bonds is 4. The fraction of sp³-hybridized carbons (Fsp3) is 0.625. The van der Waals surface area contributed by atoms with Gasteiger partial charge in [0.2, 0.25) is 0 Å². The van der Waals surface area contributed by atoms with E-state index in [1.807, 2.05) is 24.3 Å². The van der Waals surface area contributed by atoms with Crippen molar-refractivity contribution in [3.8, 4) is 5.75 Å². The van der Waals surface area contributed by atoms with Crippen molar-refractivity contribution in [2.24, 2.45) is 0 Å². The van der Waals surface area contributed by atoms with Crippen molar-refractivity contribution in [2.75, 3.05) is 26.7 Å². The fourth-order valence-corrected chi connectivity index (χ4v) is 2.67. The second-order valence-corrected chi connectivity index (χ2v) is 5.36. The molecule has 0 spiro atoms. The number of β-amino-alcohol motifs (C(OH)–C–C–N with tert-alkyl or cyclic N) is 1. The van der Waals surface area contributed by atoms with Gasteiger partial charge in [-0.2, -0.15) is 0 Å². The topological polar surface area (TPSA) is 32.7 Å². The van der Waals surface area contributed by atoms with Crippen molar-refractivity contribution in [2.45, 2.75) is 38.2 Å². The molecule has 0 bridgehead atoms. The molecule has 1 heterocycles. The van der Waals surface area contributed by atoms with E-state index in [1.54, 1.807) is 7.11 Å². The predicted octanol–water partition coefficient (Wildman–Crippen LogP) is 2.99. The first-order valence-corrected chi connectivity index (χ1v) is 7.34. The van der Waals surface area contributed by atoms with Gasteiger partial charge in [-0.05, 0) is 43.6 Å². The predicted molar refractivity (Wildman–Crippen MR) is 77.5 cm³/mol. The van der Waals surface area contributed by atoms with E-state index in [-0.39, 0.29) is 0 Å². The highest BCUT2D eigenvalue weighted by Crippen LogP contribution is 2.20. The molecule has 1 atom stereocenters. The third-order valence-electron chi connectivity index (χ3n) is 3.88. The highest BCUT2D eigenvalue weighted by molar-refractivity contribution is 5.28. The van der Waals surface area contributed by atoms with Gasteiger partial charge in [-0.1, -0.05) is 31.4 Å². The lowest BCUT2D eigenvalue weighted by Crippen LogP contribution is -2.31. The number of hydrogen-bond donors (Lipinski definition) is 1. The van der Waals surface area contributed by atoms with Gasteiger partial charge in [0.15, 0.2) is 0 Å². The Morgan fingerprint density at radius 2 is 1.63 bits per heavy atom. The number of benzene rings is 1. The summed E-state index contributed by atoms with van der Waals surface area (Å²) in [5, 5.41) is 10.3. The van der Waals surface area contributed by atoms with Crippen LogP contribution >= 0.6 is 0 Å². The maximum Gasteiger partial charge on any atom is 0.118 e. The van der Waals surface area contributed by atoms with Crippen LogP contribution < -0.4 is 4.74 Å².